The predicted octanol–water partition coefficient (Wildman–Crippen LogP) is 2.37. The fourth-order valence-corrected chi connectivity index (χ4v) is 2.25. The lowest BCUT2D eigenvalue weighted by atomic mass is 10.2. The molecule has 1 aromatic carbocycles. The third kappa shape index (κ3) is 9.03. The van der Waals surface area contributed by atoms with Crippen LogP contribution in [0.1, 0.15) is 22.8 Å². The molecule has 0 saturated carbocycles. The number of nitrogens with one attached hydrogen (secondary N) is 3. The number of carbonyl (C=O) groups is 1. The topological polar surface area (TPSA) is 87.6 Å². The summed E-state index contributed by atoms with van der Waals surface area (Å²) in [6.07, 6.45) is 3.18. The number of carbonyl (C=O) groups excluding carboxylic acids is 1. The Bertz CT molecular complexity index is 723. The lowest BCUT2D eigenvalue weighted by Crippen LogP contribution is -2.40. The highest BCUT2D eigenvalue weighted by Gasteiger charge is 2.03. The van der Waals surface area contributed by atoms with E-state index in [1.54, 1.807) is 18.3 Å². The lowest BCUT2D eigenvalue weighted by molar-refractivity contribution is 0.0954. The Hall–Kier alpha value is -2.36. The van der Waals surface area contributed by atoms with Crippen LogP contribution in [0, 0.1) is 6.92 Å². The highest BCUT2D eigenvalue weighted by atomic mass is 127. The van der Waals surface area contributed by atoms with Crippen LogP contribution in [0.4, 0.5) is 0 Å². The van der Waals surface area contributed by atoms with E-state index >= 15 is 0 Å². The van der Waals surface area contributed by atoms with E-state index < -0.39 is 0 Å². The Morgan fingerprint density at radius 2 is 1.89 bits per heavy atom. The number of aliphatic imine (C=N–C) groups is 1. The van der Waals surface area contributed by atoms with Crippen molar-refractivity contribution in [1.82, 2.24) is 20.9 Å². The van der Waals surface area contributed by atoms with Crippen molar-refractivity contribution in [2.45, 2.75) is 13.8 Å². The summed E-state index contributed by atoms with van der Waals surface area (Å²) in [6.45, 7) is 6.89. The molecule has 0 fully saturated rings. The van der Waals surface area contributed by atoms with Crippen LogP contribution in [0.5, 0.6) is 5.75 Å². The molecule has 3 N–H and O–H groups in total. The molecule has 0 bridgehead atoms. The van der Waals surface area contributed by atoms with Crippen molar-refractivity contribution in [3.8, 4) is 5.75 Å². The molecular formula is C20H28IN5O2. The van der Waals surface area contributed by atoms with E-state index in [4.69, 9.17) is 4.74 Å². The first kappa shape index (κ1) is 23.7. The van der Waals surface area contributed by atoms with Crippen LogP contribution < -0.4 is 20.7 Å². The number of aromatic nitrogens is 1. The monoisotopic (exact) mass is 497 g/mol. The summed E-state index contributed by atoms with van der Waals surface area (Å²) in [5.41, 5.74) is 1.75. The zero-order chi connectivity index (χ0) is 19.3. The summed E-state index contributed by atoms with van der Waals surface area (Å²) in [5, 5.41) is 9.21. The van der Waals surface area contributed by atoms with Crippen molar-refractivity contribution in [3.05, 3.63) is 59.9 Å². The SMILES string of the molecule is CCNC(=NCCNC(=O)c1cccnc1)NCCOc1ccc(C)cc1.I. The molecule has 1 aromatic heterocycles. The molecule has 0 unspecified atom stereocenters. The van der Waals surface area contributed by atoms with Gasteiger partial charge in [-0.15, -0.1) is 24.0 Å². The summed E-state index contributed by atoms with van der Waals surface area (Å²) in [5.74, 6) is 1.39. The van der Waals surface area contributed by atoms with Crippen LogP contribution in [0.3, 0.4) is 0 Å². The van der Waals surface area contributed by atoms with Crippen molar-refractivity contribution in [2.24, 2.45) is 4.99 Å². The molecule has 2 aromatic rings. The summed E-state index contributed by atoms with van der Waals surface area (Å²) in [6, 6.07) is 11.4. The number of ether oxygens (including phenoxy) is 1. The molecule has 152 valence electrons. The maximum atomic E-state index is 11.9. The normalized spacial score (nSPS) is 10.6. The number of hydrogen-bond donors (Lipinski definition) is 3. The van der Waals surface area contributed by atoms with Crippen LogP contribution in [-0.2, 0) is 0 Å². The number of halogens is 1. The Labute approximate surface area is 183 Å². The van der Waals surface area contributed by atoms with E-state index in [0.717, 1.165) is 12.3 Å². The van der Waals surface area contributed by atoms with Gasteiger partial charge >= 0.3 is 0 Å². The number of nitrogens with zero attached hydrogens (tertiary/aromatic N) is 2. The van der Waals surface area contributed by atoms with E-state index in [2.05, 4.69) is 25.9 Å². The molecule has 0 aliphatic rings. The van der Waals surface area contributed by atoms with Crippen LogP contribution >= 0.6 is 24.0 Å². The van der Waals surface area contributed by atoms with Gasteiger partial charge in [-0.1, -0.05) is 17.7 Å². The second-order valence-corrected chi connectivity index (χ2v) is 5.85. The Morgan fingerprint density at radius 1 is 1.11 bits per heavy atom. The van der Waals surface area contributed by atoms with Crippen LogP contribution in [0.25, 0.3) is 0 Å². The molecule has 2 rings (SSSR count). The Kier molecular flexibility index (Phi) is 11.6. The zero-order valence-corrected chi connectivity index (χ0v) is 18.6. The number of aryl methyl sites for hydroxylation is 1. The predicted molar refractivity (Wildman–Crippen MR) is 123 cm³/mol. The third-order valence-electron chi connectivity index (χ3n) is 3.62. The minimum atomic E-state index is -0.150. The molecule has 0 spiro atoms. The number of benzene rings is 1. The first-order chi connectivity index (χ1) is 13.2. The molecule has 0 saturated heterocycles. The maximum Gasteiger partial charge on any atom is 0.252 e. The molecule has 8 heteroatoms. The first-order valence-electron chi connectivity index (χ1n) is 9.09. The van der Waals surface area contributed by atoms with Crippen molar-refractivity contribution >= 4 is 35.8 Å². The molecular weight excluding hydrogens is 469 g/mol. The second-order valence-electron chi connectivity index (χ2n) is 5.85. The number of pyridine rings is 1. The van der Waals surface area contributed by atoms with Gasteiger partial charge in [-0.25, -0.2) is 0 Å². The van der Waals surface area contributed by atoms with Gasteiger partial charge in [-0.3, -0.25) is 14.8 Å². The molecule has 0 atom stereocenters. The summed E-state index contributed by atoms with van der Waals surface area (Å²) in [7, 11) is 0. The number of rotatable bonds is 9. The fraction of sp³-hybridized carbons (Fsp3) is 0.350. The molecule has 0 aliphatic heterocycles. The van der Waals surface area contributed by atoms with E-state index in [1.165, 1.54) is 11.8 Å². The van der Waals surface area contributed by atoms with E-state index in [-0.39, 0.29) is 29.9 Å². The van der Waals surface area contributed by atoms with E-state index in [9.17, 15) is 4.79 Å². The summed E-state index contributed by atoms with van der Waals surface area (Å²) < 4.78 is 5.69. The number of guanidine groups is 1. The van der Waals surface area contributed by atoms with E-state index in [1.807, 2.05) is 38.1 Å². The molecule has 0 aliphatic carbocycles. The maximum absolute atomic E-state index is 11.9. The third-order valence-corrected chi connectivity index (χ3v) is 3.62. The molecule has 28 heavy (non-hydrogen) atoms. The van der Waals surface area contributed by atoms with Gasteiger partial charge in [0.15, 0.2) is 5.96 Å². The highest BCUT2D eigenvalue weighted by Crippen LogP contribution is 2.10. The minimum Gasteiger partial charge on any atom is -0.492 e. The van der Waals surface area contributed by atoms with Crippen molar-refractivity contribution in [1.29, 1.82) is 0 Å². The molecule has 0 radical (unpaired) electrons. The van der Waals surface area contributed by atoms with Crippen molar-refractivity contribution < 1.29 is 9.53 Å². The average molecular weight is 497 g/mol. The van der Waals surface area contributed by atoms with E-state index in [0.29, 0.717) is 37.8 Å². The van der Waals surface area contributed by atoms with Gasteiger partial charge in [-0.05, 0) is 38.1 Å². The van der Waals surface area contributed by atoms with Gasteiger partial charge in [0.2, 0.25) is 0 Å². The molecule has 1 amide bonds. The quantitative estimate of drug-likeness (QED) is 0.214. The van der Waals surface area contributed by atoms with Crippen molar-refractivity contribution in [2.75, 3.05) is 32.8 Å². The standard InChI is InChI=1S/C20H27N5O2.HI/c1-3-22-20(25-13-14-27-18-8-6-16(2)7-9-18)24-12-11-23-19(26)17-5-4-10-21-15-17;/h4-10,15H,3,11-14H2,1-2H3,(H,23,26)(H2,22,24,25);1H. The first-order valence-corrected chi connectivity index (χ1v) is 9.09. The Balaban J connectivity index is 0.00000392. The second kappa shape index (κ2) is 13.8. The van der Waals surface area contributed by atoms with Crippen LogP contribution in [-0.4, -0.2) is 49.6 Å². The van der Waals surface area contributed by atoms with Crippen LogP contribution in [0.2, 0.25) is 0 Å². The largest absolute Gasteiger partial charge is 0.492 e. The van der Waals surface area contributed by atoms with Gasteiger partial charge < -0.3 is 20.7 Å². The van der Waals surface area contributed by atoms with Gasteiger partial charge in [0.05, 0.1) is 18.7 Å². The van der Waals surface area contributed by atoms with Crippen molar-refractivity contribution in [3.63, 3.8) is 0 Å². The smallest absolute Gasteiger partial charge is 0.252 e. The van der Waals surface area contributed by atoms with Gasteiger partial charge in [0, 0.05) is 25.5 Å². The van der Waals surface area contributed by atoms with Crippen LogP contribution in [0.15, 0.2) is 53.8 Å². The minimum absolute atomic E-state index is 0. The van der Waals surface area contributed by atoms with Gasteiger partial charge in [0.25, 0.3) is 5.91 Å². The fourth-order valence-electron chi connectivity index (χ4n) is 2.25. The highest BCUT2D eigenvalue weighted by molar-refractivity contribution is 14.0. The molecule has 1 heterocycles. The Morgan fingerprint density at radius 3 is 2.57 bits per heavy atom. The summed E-state index contributed by atoms with van der Waals surface area (Å²) in [4.78, 5) is 20.3. The van der Waals surface area contributed by atoms with Gasteiger partial charge in [-0.2, -0.15) is 0 Å². The summed E-state index contributed by atoms with van der Waals surface area (Å²) >= 11 is 0. The van der Waals surface area contributed by atoms with Gasteiger partial charge in [0.1, 0.15) is 12.4 Å². The average Bonchev–Trinajstić information content (AvgIpc) is 2.70. The number of hydrogen-bond acceptors (Lipinski definition) is 4. The number of amides is 1. The molecule has 7 nitrogen and oxygen atoms in total. The lowest BCUT2D eigenvalue weighted by Gasteiger charge is -2.12. The zero-order valence-electron chi connectivity index (χ0n) is 16.3.